The van der Waals surface area contributed by atoms with Crippen LogP contribution >= 0.6 is 27.7 Å². The molecule has 112 valence electrons. The smallest absolute Gasteiger partial charge is 0.118 e. The van der Waals surface area contributed by atoms with E-state index in [1.165, 1.54) is 10.5 Å². The minimum atomic E-state index is 0.338. The van der Waals surface area contributed by atoms with E-state index < -0.39 is 0 Å². The Balaban J connectivity index is 2.04. The molecule has 0 radical (unpaired) electrons. The van der Waals surface area contributed by atoms with Gasteiger partial charge in [0.05, 0.1) is 7.11 Å². The second-order valence-corrected chi connectivity index (χ2v) is 6.66. The fourth-order valence-electron chi connectivity index (χ4n) is 2.09. The zero-order valence-corrected chi connectivity index (χ0v) is 14.7. The molecule has 2 aromatic carbocycles. The Bertz CT molecular complexity index is 559. The quantitative estimate of drug-likeness (QED) is 0.705. The fourth-order valence-corrected chi connectivity index (χ4v) is 3.70. The summed E-state index contributed by atoms with van der Waals surface area (Å²) in [7, 11) is 1.69. The third kappa shape index (κ3) is 5.06. The first-order valence-corrected chi connectivity index (χ1v) is 8.76. The van der Waals surface area contributed by atoms with Crippen LogP contribution in [0.2, 0.25) is 0 Å². The highest BCUT2D eigenvalue weighted by Crippen LogP contribution is 2.27. The van der Waals surface area contributed by atoms with E-state index in [1.807, 2.05) is 23.9 Å². The number of rotatable bonds is 7. The number of hydrogen-bond acceptors (Lipinski definition) is 3. The highest BCUT2D eigenvalue weighted by atomic mass is 79.9. The van der Waals surface area contributed by atoms with E-state index in [0.717, 1.165) is 22.5 Å². The molecule has 0 aliphatic carbocycles. The predicted octanol–water partition coefficient (Wildman–Crippen LogP) is 4.90. The Morgan fingerprint density at radius 2 is 1.95 bits per heavy atom. The second-order valence-electron chi connectivity index (χ2n) is 4.65. The third-order valence-corrected chi connectivity index (χ3v) is 4.76. The number of ether oxygens (including phenoxy) is 1. The number of nitrogens with one attached hydrogen (secondary N) is 1. The van der Waals surface area contributed by atoms with Gasteiger partial charge >= 0.3 is 0 Å². The predicted molar refractivity (Wildman–Crippen MR) is 94.3 cm³/mol. The maximum absolute atomic E-state index is 5.22. The van der Waals surface area contributed by atoms with E-state index >= 15 is 0 Å². The monoisotopic (exact) mass is 365 g/mol. The highest BCUT2D eigenvalue weighted by molar-refractivity contribution is 9.10. The Morgan fingerprint density at radius 1 is 1.19 bits per heavy atom. The summed E-state index contributed by atoms with van der Waals surface area (Å²) < 4.78 is 6.34. The van der Waals surface area contributed by atoms with Gasteiger partial charge in [-0.15, -0.1) is 11.8 Å². The van der Waals surface area contributed by atoms with Crippen LogP contribution in [-0.4, -0.2) is 19.4 Å². The van der Waals surface area contributed by atoms with E-state index in [4.69, 9.17) is 4.74 Å². The van der Waals surface area contributed by atoms with Crippen LogP contribution in [0.15, 0.2) is 57.9 Å². The Kier molecular flexibility index (Phi) is 6.61. The lowest BCUT2D eigenvalue weighted by atomic mass is 10.1. The van der Waals surface area contributed by atoms with Crippen LogP contribution in [0.25, 0.3) is 0 Å². The number of hydrogen-bond donors (Lipinski definition) is 1. The van der Waals surface area contributed by atoms with Crippen molar-refractivity contribution >= 4 is 27.7 Å². The molecule has 4 heteroatoms. The van der Waals surface area contributed by atoms with Crippen LogP contribution in [0.1, 0.15) is 18.5 Å². The Morgan fingerprint density at radius 3 is 2.57 bits per heavy atom. The number of methoxy groups -OCH3 is 1. The maximum Gasteiger partial charge on any atom is 0.118 e. The maximum atomic E-state index is 5.22. The topological polar surface area (TPSA) is 21.3 Å². The minimum absolute atomic E-state index is 0.338. The summed E-state index contributed by atoms with van der Waals surface area (Å²) in [4.78, 5) is 1.28. The van der Waals surface area contributed by atoms with Gasteiger partial charge in [0.15, 0.2) is 0 Å². The van der Waals surface area contributed by atoms with Crippen LogP contribution in [0.5, 0.6) is 5.75 Å². The summed E-state index contributed by atoms with van der Waals surface area (Å²) in [5.41, 5.74) is 1.29. The molecule has 21 heavy (non-hydrogen) atoms. The molecule has 0 aliphatic rings. The SMILES string of the molecule is CCNC(CSc1cccc(Br)c1)c1ccc(OC)cc1. The van der Waals surface area contributed by atoms with Gasteiger partial charge in [0.25, 0.3) is 0 Å². The van der Waals surface area contributed by atoms with Crippen molar-refractivity contribution in [3.63, 3.8) is 0 Å². The zero-order valence-electron chi connectivity index (χ0n) is 12.3. The molecule has 0 bridgehead atoms. The van der Waals surface area contributed by atoms with Crippen LogP contribution < -0.4 is 10.1 Å². The molecule has 0 saturated heterocycles. The van der Waals surface area contributed by atoms with Gasteiger partial charge in [0.2, 0.25) is 0 Å². The number of halogens is 1. The molecule has 2 aromatic rings. The molecule has 1 unspecified atom stereocenters. The molecule has 1 atom stereocenters. The lowest BCUT2D eigenvalue weighted by molar-refractivity contribution is 0.414. The van der Waals surface area contributed by atoms with Crippen molar-refractivity contribution in [2.24, 2.45) is 0 Å². The van der Waals surface area contributed by atoms with E-state index in [-0.39, 0.29) is 0 Å². The Hall–Kier alpha value is -0.970. The summed E-state index contributed by atoms with van der Waals surface area (Å²) in [5.74, 6) is 1.89. The first-order chi connectivity index (χ1) is 10.2. The largest absolute Gasteiger partial charge is 0.497 e. The average Bonchev–Trinajstić information content (AvgIpc) is 2.52. The first-order valence-electron chi connectivity index (χ1n) is 6.98. The van der Waals surface area contributed by atoms with Crippen molar-refractivity contribution in [1.29, 1.82) is 0 Å². The molecule has 2 nitrogen and oxygen atoms in total. The summed E-state index contributed by atoms with van der Waals surface area (Å²) in [5, 5.41) is 3.55. The summed E-state index contributed by atoms with van der Waals surface area (Å²) in [6, 6.07) is 17.1. The average molecular weight is 366 g/mol. The van der Waals surface area contributed by atoms with Crippen LogP contribution in [0, 0.1) is 0 Å². The van der Waals surface area contributed by atoms with Gasteiger partial charge in [-0.05, 0) is 42.4 Å². The molecule has 0 aliphatic heterocycles. The van der Waals surface area contributed by atoms with Gasteiger partial charge in [-0.25, -0.2) is 0 Å². The standard InChI is InChI=1S/C17H20BrNOS/c1-3-19-17(13-7-9-15(20-2)10-8-13)12-21-16-6-4-5-14(18)11-16/h4-11,17,19H,3,12H2,1-2H3. The number of benzene rings is 2. The van der Waals surface area contributed by atoms with Crippen molar-refractivity contribution in [1.82, 2.24) is 5.32 Å². The summed E-state index contributed by atoms with van der Waals surface area (Å²) >= 11 is 5.38. The third-order valence-electron chi connectivity index (χ3n) is 3.18. The zero-order chi connectivity index (χ0) is 15.1. The molecule has 0 amide bonds. The van der Waals surface area contributed by atoms with Crippen molar-refractivity contribution < 1.29 is 4.74 Å². The molecule has 1 N–H and O–H groups in total. The second kappa shape index (κ2) is 8.47. The summed E-state index contributed by atoms with van der Waals surface area (Å²) in [6.45, 7) is 3.09. The molecule has 0 saturated carbocycles. The lowest BCUT2D eigenvalue weighted by Gasteiger charge is -2.18. The minimum Gasteiger partial charge on any atom is -0.497 e. The van der Waals surface area contributed by atoms with Crippen LogP contribution in [-0.2, 0) is 0 Å². The van der Waals surface area contributed by atoms with Gasteiger partial charge in [-0.2, -0.15) is 0 Å². The highest BCUT2D eigenvalue weighted by Gasteiger charge is 2.11. The van der Waals surface area contributed by atoms with Crippen molar-refractivity contribution in [2.75, 3.05) is 19.4 Å². The van der Waals surface area contributed by atoms with Gasteiger partial charge in [0.1, 0.15) is 5.75 Å². The summed E-state index contributed by atoms with van der Waals surface area (Å²) in [6.07, 6.45) is 0. The van der Waals surface area contributed by atoms with Crippen molar-refractivity contribution in [3.05, 3.63) is 58.6 Å². The van der Waals surface area contributed by atoms with Crippen molar-refractivity contribution in [3.8, 4) is 5.75 Å². The molecule has 2 rings (SSSR count). The van der Waals surface area contributed by atoms with E-state index in [0.29, 0.717) is 6.04 Å². The van der Waals surface area contributed by atoms with Gasteiger partial charge in [-0.1, -0.05) is 41.1 Å². The van der Waals surface area contributed by atoms with E-state index in [1.54, 1.807) is 7.11 Å². The first kappa shape index (κ1) is 16.4. The van der Waals surface area contributed by atoms with Gasteiger partial charge in [-0.3, -0.25) is 0 Å². The lowest BCUT2D eigenvalue weighted by Crippen LogP contribution is -2.22. The molecular formula is C17H20BrNOS. The van der Waals surface area contributed by atoms with Crippen LogP contribution in [0.3, 0.4) is 0 Å². The molecule has 0 fully saturated rings. The molecule has 0 heterocycles. The molecule has 0 aromatic heterocycles. The molecule has 0 spiro atoms. The van der Waals surface area contributed by atoms with E-state index in [9.17, 15) is 0 Å². The number of thioether (sulfide) groups is 1. The fraction of sp³-hybridized carbons (Fsp3) is 0.294. The van der Waals surface area contributed by atoms with E-state index in [2.05, 4.69) is 64.6 Å². The van der Waals surface area contributed by atoms with Gasteiger partial charge < -0.3 is 10.1 Å². The normalized spacial score (nSPS) is 12.1. The molecular weight excluding hydrogens is 346 g/mol. The van der Waals surface area contributed by atoms with Crippen molar-refractivity contribution in [2.45, 2.75) is 17.9 Å². The van der Waals surface area contributed by atoms with Crippen LogP contribution in [0.4, 0.5) is 0 Å². The Labute approximate surface area is 139 Å². The van der Waals surface area contributed by atoms with Gasteiger partial charge in [0, 0.05) is 21.2 Å².